The second kappa shape index (κ2) is 27.1. The number of carbonyl (C=O) groups excluding carboxylic acids is 10. The van der Waals surface area contributed by atoms with Gasteiger partial charge in [-0.3, -0.25) is 47.9 Å². The van der Waals surface area contributed by atoms with E-state index in [4.69, 9.17) is 66.3 Å². The Morgan fingerprint density at radius 3 is 1.04 bits per heavy atom. The Morgan fingerprint density at radius 2 is 0.740 bits per heavy atom. The van der Waals surface area contributed by atoms with Crippen molar-refractivity contribution in [3.8, 4) is 23.0 Å². The number of ether oxygens (including phenoxy) is 14. The lowest BCUT2D eigenvalue weighted by Gasteiger charge is -2.44. The molecule has 2 aliphatic rings. The summed E-state index contributed by atoms with van der Waals surface area (Å²) in [6, 6.07) is 8.89. The van der Waals surface area contributed by atoms with Crippen LogP contribution in [-0.4, -0.2) is 148 Å². The van der Waals surface area contributed by atoms with Gasteiger partial charge in [-0.25, -0.2) is 0 Å². The summed E-state index contributed by atoms with van der Waals surface area (Å²) in [4.78, 5) is 123. The largest absolute Gasteiger partial charge is 0.493 e. The van der Waals surface area contributed by atoms with E-state index in [-0.39, 0.29) is 23.0 Å². The minimum absolute atomic E-state index is 0.0333. The first-order valence-electron chi connectivity index (χ1n) is 22.2. The van der Waals surface area contributed by atoms with Crippen molar-refractivity contribution < 1.29 is 114 Å². The SMILES string of the molecule is COc1ccc(/C=C/C(=O)CC(=O)/C=C/c2ccc(OC)c(O[C@H]3O[C@H](COC(C)=O)[C@@H](OC(C)=O)[C@H](OC(C)=O)[C@@H]3OC(C)=O)c2)cc1O[C@H]1O[C@H](COC(C)=O)[C@@H](OC(C)=O)[C@H](OC(C)=O)[C@@H]1OC(C)=O. The van der Waals surface area contributed by atoms with Crippen LogP contribution in [0.2, 0.25) is 0 Å². The molecule has 396 valence electrons. The zero-order valence-corrected chi connectivity index (χ0v) is 41.5. The van der Waals surface area contributed by atoms with E-state index in [0.717, 1.165) is 67.5 Å². The van der Waals surface area contributed by atoms with E-state index in [1.165, 1.54) is 50.6 Å². The predicted octanol–water partition coefficient (Wildman–Crippen LogP) is 2.88. The fraction of sp³-hybridized carbons (Fsp3) is 0.469. The number of benzene rings is 2. The third-order valence-electron chi connectivity index (χ3n) is 10.0. The first-order valence-corrected chi connectivity index (χ1v) is 22.2. The smallest absolute Gasteiger partial charge is 0.303 e. The number of carbonyl (C=O) groups is 10. The quantitative estimate of drug-likeness (QED) is 0.0708. The fourth-order valence-electron chi connectivity index (χ4n) is 7.26. The number of hydrogen-bond acceptors (Lipinski definition) is 24. The van der Waals surface area contributed by atoms with Crippen LogP contribution < -0.4 is 18.9 Å². The van der Waals surface area contributed by atoms with Gasteiger partial charge in [0.05, 0.1) is 20.6 Å². The zero-order valence-electron chi connectivity index (χ0n) is 41.5. The van der Waals surface area contributed by atoms with Gasteiger partial charge in [-0.1, -0.05) is 24.3 Å². The summed E-state index contributed by atoms with van der Waals surface area (Å²) in [5, 5.41) is 0. The van der Waals surface area contributed by atoms with Gasteiger partial charge in [-0.2, -0.15) is 0 Å². The van der Waals surface area contributed by atoms with E-state index in [1.54, 1.807) is 12.1 Å². The fourth-order valence-corrected chi connectivity index (χ4v) is 7.26. The summed E-state index contributed by atoms with van der Waals surface area (Å²) in [5.41, 5.74) is 0.695. The second-order valence-electron chi connectivity index (χ2n) is 16.0. The van der Waals surface area contributed by atoms with Gasteiger partial charge < -0.3 is 66.3 Å². The standard InChI is InChI=1S/C49H56O24/c1-24(50)62-22-40-42(64-26(3)52)44(66-28(5)54)46(68-30(7)56)48(72-40)70-38-19-32(13-17-36(38)60-9)11-15-34(58)21-35(59)16-12-33-14-18-37(61-10)39(20-33)71-49-47(69-31(8)57)45(67-29(6)55)43(65-27(4)53)41(73-49)23-63-25(2)51/h11-20,40-49H,21-23H2,1-10H3/b15-11+,16-12+/t40-,41-,42-,43-,44+,45+,46+,47+,48+,49+/m1/s1. The molecule has 0 saturated carbocycles. The van der Waals surface area contributed by atoms with E-state index in [9.17, 15) is 47.9 Å². The molecular formula is C49H56O24. The van der Waals surface area contributed by atoms with Crippen LogP contribution in [0.4, 0.5) is 0 Å². The van der Waals surface area contributed by atoms with Crippen molar-refractivity contribution in [3.05, 3.63) is 59.7 Å². The third kappa shape index (κ3) is 17.7. The van der Waals surface area contributed by atoms with Crippen molar-refractivity contribution >= 4 is 71.5 Å². The highest BCUT2D eigenvalue weighted by molar-refractivity contribution is 6.11. The van der Waals surface area contributed by atoms with Gasteiger partial charge in [-0.15, -0.1) is 0 Å². The van der Waals surface area contributed by atoms with Gasteiger partial charge in [0.15, 0.2) is 59.0 Å². The zero-order chi connectivity index (χ0) is 54.1. The first kappa shape index (κ1) is 57.7. The summed E-state index contributed by atoms with van der Waals surface area (Å²) in [6.45, 7) is 7.71. The van der Waals surface area contributed by atoms with Gasteiger partial charge >= 0.3 is 47.8 Å². The normalized spacial score (nSPS) is 23.4. The lowest BCUT2D eigenvalue weighted by Crippen LogP contribution is -2.63. The number of rotatable bonds is 22. The molecule has 2 aromatic carbocycles. The summed E-state index contributed by atoms with van der Waals surface area (Å²) in [5.74, 6) is -7.50. The van der Waals surface area contributed by atoms with Crippen molar-refractivity contribution in [2.45, 2.75) is 123 Å². The number of allylic oxidation sites excluding steroid dienone is 2. The molecule has 2 saturated heterocycles. The monoisotopic (exact) mass is 1030 g/mol. The molecule has 2 fully saturated rings. The first-order chi connectivity index (χ1) is 34.5. The molecule has 4 rings (SSSR count). The van der Waals surface area contributed by atoms with Gasteiger partial charge in [-0.05, 0) is 47.5 Å². The lowest BCUT2D eigenvalue weighted by molar-refractivity contribution is -0.288. The van der Waals surface area contributed by atoms with Crippen LogP contribution in [0.1, 0.15) is 72.9 Å². The molecule has 0 aromatic heterocycles. The predicted molar refractivity (Wildman–Crippen MR) is 244 cm³/mol. The molecule has 0 amide bonds. The van der Waals surface area contributed by atoms with E-state index in [1.807, 2.05) is 0 Å². The van der Waals surface area contributed by atoms with Crippen molar-refractivity contribution in [2.24, 2.45) is 0 Å². The average molecular weight is 1030 g/mol. The van der Waals surface area contributed by atoms with Crippen molar-refractivity contribution in [2.75, 3.05) is 27.4 Å². The number of hydrogen-bond donors (Lipinski definition) is 0. The molecule has 0 spiro atoms. The summed E-state index contributed by atoms with van der Waals surface area (Å²) >= 11 is 0. The average Bonchev–Trinajstić information content (AvgIpc) is 3.29. The molecule has 0 radical (unpaired) electrons. The van der Waals surface area contributed by atoms with Crippen molar-refractivity contribution in [1.82, 2.24) is 0 Å². The third-order valence-corrected chi connectivity index (χ3v) is 10.0. The second-order valence-corrected chi connectivity index (χ2v) is 16.0. The minimum atomic E-state index is -1.60. The molecule has 24 nitrogen and oxygen atoms in total. The summed E-state index contributed by atoms with van der Waals surface area (Å²) in [6.07, 6.45) is -10.3. The molecule has 2 aromatic rings. The Balaban J connectivity index is 1.55. The van der Waals surface area contributed by atoms with Crippen molar-refractivity contribution in [3.63, 3.8) is 0 Å². The van der Waals surface area contributed by atoms with E-state index in [2.05, 4.69) is 0 Å². The molecular weight excluding hydrogens is 973 g/mol. The highest BCUT2D eigenvalue weighted by atomic mass is 16.8. The maximum atomic E-state index is 13.1. The summed E-state index contributed by atoms with van der Waals surface area (Å²) in [7, 11) is 2.66. The highest BCUT2D eigenvalue weighted by Gasteiger charge is 2.55. The molecule has 0 bridgehead atoms. The van der Waals surface area contributed by atoms with Crippen LogP contribution in [0.5, 0.6) is 23.0 Å². The van der Waals surface area contributed by atoms with Crippen LogP contribution >= 0.6 is 0 Å². The maximum Gasteiger partial charge on any atom is 0.303 e. The lowest BCUT2D eigenvalue weighted by atomic mass is 9.98. The Morgan fingerprint density at radius 1 is 0.425 bits per heavy atom. The highest BCUT2D eigenvalue weighted by Crippen LogP contribution is 2.37. The molecule has 0 unspecified atom stereocenters. The van der Waals surface area contributed by atoms with Crippen molar-refractivity contribution in [1.29, 1.82) is 0 Å². The molecule has 24 heteroatoms. The van der Waals surface area contributed by atoms with Gasteiger partial charge in [0.25, 0.3) is 0 Å². The van der Waals surface area contributed by atoms with Crippen LogP contribution in [0.3, 0.4) is 0 Å². The maximum absolute atomic E-state index is 13.1. The minimum Gasteiger partial charge on any atom is -0.493 e. The van der Waals surface area contributed by atoms with Gasteiger partial charge in [0, 0.05) is 55.4 Å². The Bertz CT molecular complexity index is 2270. The molecule has 0 N–H and O–H groups in total. The summed E-state index contributed by atoms with van der Waals surface area (Å²) < 4.78 is 78.2. The van der Waals surface area contributed by atoms with Gasteiger partial charge in [0.2, 0.25) is 24.8 Å². The van der Waals surface area contributed by atoms with Crippen LogP contribution in [0, 0.1) is 0 Å². The van der Waals surface area contributed by atoms with Gasteiger partial charge in [0.1, 0.15) is 25.4 Å². The van der Waals surface area contributed by atoms with Crippen LogP contribution in [-0.2, 0) is 95.3 Å². The van der Waals surface area contributed by atoms with E-state index >= 15 is 0 Å². The topological polar surface area (TPSA) is 300 Å². The molecule has 2 heterocycles. The molecule has 2 aliphatic heterocycles. The molecule has 73 heavy (non-hydrogen) atoms. The number of esters is 8. The van der Waals surface area contributed by atoms with E-state index in [0.29, 0.717) is 11.1 Å². The van der Waals surface area contributed by atoms with E-state index < -0.39 is 140 Å². The number of ketones is 2. The Hall–Kier alpha value is -7.86. The Labute approximate surface area is 418 Å². The van der Waals surface area contributed by atoms with Crippen LogP contribution in [0.25, 0.3) is 12.2 Å². The molecule has 0 aliphatic carbocycles. The van der Waals surface area contributed by atoms with Crippen LogP contribution in [0.15, 0.2) is 48.6 Å². The molecule has 10 atom stereocenters. The number of methoxy groups -OCH3 is 2. The Kier molecular flexibility index (Phi) is 21.4.